The largest absolute Gasteiger partial charge is 0.337 e. The first-order chi connectivity index (χ1) is 14.6. The van der Waals surface area contributed by atoms with E-state index < -0.39 is 17.7 Å². The zero-order valence-corrected chi connectivity index (χ0v) is 16.0. The fraction of sp³-hybridized carbons (Fsp3) is 0.136. The van der Waals surface area contributed by atoms with E-state index >= 15 is 0 Å². The molecule has 0 spiro atoms. The zero-order valence-electron chi connectivity index (χ0n) is 16.0. The van der Waals surface area contributed by atoms with Crippen LogP contribution in [0.1, 0.15) is 26.6 Å². The van der Waals surface area contributed by atoms with Gasteiger partial charge in [-0.2, -0.15) is 4.98 Å². The summed E-state index contributed by atoms with van der Waals surface area (Å²) < 4.78 is 5.27. The molecule has 0 fully saturated rings. The van der Waals surface area contributed by atoms with Crippen molar-refractivity contribution in [3.8, 4) is 11.4 Å². The molecule has 0 aliphatic carbocycles. The number of fused-ring (bicyclic) bond motifs is 1. The number of aromatic nitrogens is 2. The van der Waals surface area contributed by atoms with Crippen molar-refractivity contribution < 1.29 is 18.9 Å². The van der Waals surface area contributed by atoms with Crippen molar-refractivity contribution in [2.24, 2.45) is 0 Å². The monoisotopic (exact) mass is 402 g/mol. The molecule has 1 aliphatic heterocycles. The van der Waals surface area contributed by atoms with E-state index in [0.717, 1.165) is 10.5 Å². The van der Waals surface area contributed by atoms with Crippen molar-refractivity contribution in [2.45, 2.75) is 6.54 Å². The number of hydrogen-bond donors (Lipinski definition) is 0. The molecule has 0 saturated heterocycles. The van der Waals surface area contributed by atoms with Crippen molar-refractivity contribution >= 4 is 17.7 Å². The Morgan fingerprint density at radius 1 is 1.03 bits per heavy atom. The van der Waals surface area contributed by atoms with E-state index in [1.165, 1.54) is 4.90 Å². The highest BCUT2D eigenvalue weighted by Gasteiger charge is 2.37. The number of imide groups is 1. The maximum atomic E-state index is 12.9. The summed E-state index contributed by atoms with van der Waals surface area (Å²) in [6, 6.07) is 15.8. The Kier molecular flexibility index (Phi) is 5.21. The van der Waals surface area contributed by atoms with Crippen LogP contribution < -0.4 is 0 Å². The van der Waals surface area contributed by atoms with Crippen LogP contribution in [-0.2, 0) is 11.3 Å². The standard InChI is InChI=1S/C22H18N4O4/c1-2-12-25(13-18-23-20(24-30-18)15-8-4-3-5-9-15)19(27)14-26-21(28)16-10-6-7-11-17(16)22(26)29/h2-11H,1,12-14H2. The average Bonchev–Trinajstić information content (AvgIpc) is 3.33. The van der Waals surface area contributed by atoms with Crippen LogP contribution >= 0.6 is 0 Å². The first-order valence-corrected chi connectivity index (χ1v) is 9.30. The molecule has 0 unspecified atom stereocenters. The van der Waals surface area contributed by atoms with Gasteiger partial charge in [0.25, 0.3) is 11.8 Å². The number of carbonyl (C=O) groups is 3. The number of nitrogens with zero attached hydrogens (tertiary/aromatic N) is 4. The minimum atomic E-state index is -0.480. The van der Waals surface area contributed by atoms with Crippen molar-refractivity contribution in [1.29, 1.82) is 0 Å². The van der Waals surface area contributed by atoms with Gasteiger partial charge in [0.05, 0.1) is 11.1 Å². The molecule has 0 N–H and O–H groups in total. The lowest BCUT2D eigenvalue weighted by Crippen LogP contribution is -2.42. The van der Waals surface area contributed by atoms with Crippen molar-refractivity contribution in [1.82, 2.24) is 19.9 Å². The smallest absolute Gasteiger partial charge is 0.262 e. The van der Waals surface area contributed by atoms with Crippen LogP contribution in [0.15, 0.2) is 71.8 Å². The summed E-state index contributed by atoms with van der Waals surface area (Å²) in [5.74, 6) is -0.731. The lowest BCUT2D eigenvalue weighted by molar-refractivity contribution is -0.131. The highest BCUT2D eigenvalue weighted by Crippen LogP contribution is 2.22. The highest BCUT2D eigenvalue weighted by molar-refractivity contribution is 6.22. The second-order valence-corrected chi connectivity index (χ2v) is 6.68. The van der Waals surface area contributed by atoms with Gasteiger partial charge in [-0.15, -0.1) is 6.58 Å². The molecule has 3 amide bonds. The first kappa shape index (κ1) is 19.3. The molecular weight excluding hydrogens is 384 g/mol. The van der Waals surface area contributed by atoms with Gasteiger partial charge in [-0.1, -0.05) is 53.7 Å². The predicted molar refractivity (Wildman–Crippen MR) is 107 cm³/mol. The number of benzene rings is 2. The molecule has 8 nitrogen and oxygen atoms in total. The minimum Gasteiger partial charge on any atom is -0.337 e. The van der Waals surface area contributed by atoms with Crippen LogP contribution in [0.25, 0.3) is 11.4 Å². The molecule has 0 atom stereocenters. The van der Waals surface area contributed by atoms with E-state index in [2.05, 4.69) is 16.7 Å². The SMILES string of the molecule is C=CCN(Cc1nc(-c2ccccc2)no1)C(=O)CN1C(=O)c2ccccc2C1=O. The van der Waals surface area contributed by atoms with Crippen LogP contribution in [-0.4, -0.2) is 50.8 Å². The minimum absolute atomic E-state index is 0.0356. The van der Waals surface area contributed by atoms with Crippen LogP contribution in [0.2, 0.25) is 0 Å². The van der Waals surface area contributed by atoms with Crippen molar-refractivity contribution in [3.63, 3.8) is 0 Å². The van der Waals surface area contributed by atoms with Gasteiger partial charge < -0.3 is 9.42 Å². The number of hydrogen-bond acceptors (Lipinski definition) is 6. The molecular formula is C22H18N4O4. The van der Waals surface area contributed by atoms with E-state index in [9.17, 15) is 14.4 Å². The summed E-state index contributed by atoms with van der Waals surface area (Å²) in [5, 5.41) is 3.94. The molecule has 2 aromatic carbocycles. The molecule has 0 saturated carbocycles. The third-order valence-electron chi connectivity index (χ3n) is 4.70. The van der Waals surface area contributed by atoms with E-state index in [0.29, 0.717) is 17.0 Å². The summed E-state index contributed by atoms with van der Waals surface area (Å²) in [6.07, 6.45) is 1.55. The lowest BCUT2D eigenvalue weighted by atomic mass is 10.1. The molecule has 150 valence electrons. The molecule has 0 bridgehead atoms. The molecule has 2 heterocycles. The van der Waals surface area contributed by atoms with Crippen molar-refractivity contribution in [3.05, 3.63) is 84.3 Å². The number of carbonyl (C=O) groups excluding carboxylic acids is 3. The maximum Gasteiger partial charge on any atom is 0.262 e. The molecule has 8 heteroatoms. The second-order valence-electron chi connectivity index (χ2n) is 6.68. The summed E-state index contributed by atoms with van der Waals surface area (Å²) in [7, 11) is 0. The number of rotatable bonds is 7. The Labute approximate surface area is 172 Å². The van der Waals surface area contributed by atoms with E-state index in [1.807, 2.05) is 30.3 Å². The lowest BCUT2D eigenvalue weighted by Gasteiger charge is -2.22. The molecule has 0 radical (unpaired) electrons. The first-order valence-electron chi connectivity index (χ1n) is 9.30. The molecule has 30 heavy (non-hydrogen) atoms. The Balaban J connectivity index is 1.48. The van der Waals surface area contributed by atoms with Crippen LogP contribution in [0.5, 0.6) is 0 Å². The quantitative estimate of drug-likeness (QED) is 0.445. The zero-order chi connectivity index (χ0) is 21.1. The van der Waals surface area contributed by atoms with Gasteiger partial charge in [0.1, 0.15) is 13.1 Å². The van der Waals surface area contributed by atoms with Crippen molar-refractivity contribution in [2.75, 3.05) is 13.1 Å². The van der Waals surface area contributed by atoms with Gasteiger partial charge in [0, 0.05) is 12.1 Å². The molecule has 1 aliphatic rings. The average molecular weight is 402 g/mol. The van der Waals surface area contributed by atoms with Gasteiger partial charge in [-0.05, 0) is 12.1 Å². The summed E-state index contributed by atoms with van der Waals surface area (Å²) >= 11 is 0. The van der Waals surface area contributed by atoms with Gasteiger partial charge in [-0.25, -0.2) is 0 Å². The summed E-state index contributed by atoms with van der Waals surface area (Å²) in [5.41, 5.74) is 1.39. The topological polar surface area (TPSA) is 96.6 Å². The Bertz CT molecular complexity index is 1090. The maximum absolute atomic E-state index is 12.9. The van der Waals surface area contributed by atoms with Gasteiger partial charge in [-0.3, -0.25) is 19.3 Å². The van der Waals surface area contributed by atoms with Crippen LogP contribution in [0.3, 0.4) is 0 Å². The third-order valence-corrected chi connectivity index (χ3v) is 4.70. The van der Waals surface area contributed by atoms with Crippen LogP contribution in [0, 0.1) is 0 Å². The third kappa shape index (κ3) is 3.62. The fourth-order valence-corrected chi connectivity index (χ4v) is 3.22. The second kappa shape index (κ2) is 8.12. The Morgan fingerprint density at radius 2 is 1.67 bits per heavy atom. The van der Waals surface area contributed by atoms with Gasteiger partial charge in [0.15, 0.2) is 0 Å². The Morgan fingerprint density at radius 3 is 2.30 bits per heavy atom. The molecule has 3 aromatic rings. The normalized spacial score (nSPS) is 12.7. The summed E-state index contributed by atoms with van der Waals surface area (Å²) in [6.45, 7) is 3.52. The van der Waals surface area contributed by atoms with Gasteiger partial charge >= 0.3 is 0 Å². The molecule has 1 aromatic heterocycles. The summed E-state index contributed by atoms with van der Waals surface area (Å²) in [4.78, 5) is 44.6. The molecule has 4 rings (SSSR count). The van der Waals surface area contributed by atoms with Crippen LogP contribution in [0.4, 0.5) is 0 Å². The van der Waals surface area contributed by atoms with Gasteiger partial charge in [0.2, 0.25) is 17.6 Å². The predicted octanol–water partition coefficient (Wildman–Crippen LogP) is 2.55. The Hall–Kier alpha value is -4.07. The van der Waals surface area contributed by atoms with E-state index in [-0.39, 0.29) is 25.5 Å². The van der Waals surface area contributed by atoms with E-state index in [1.54, 1.807) is 30.3 Å². The number of amides is 3. The highest BCUT2D eigenvalue weighted by atomic mass is 16.5. The fourth-order valence-electron chi connectivity index (χ4n) is 3.22. The van der Waals surface area contributed by atoms with E-state index in [4.69, 9.17) is 4.52 Å².